The number of aliphatic imine (C=N–C) groups is 1. The van der Waals surface area contributed by atoms with Crippen LogP contribution in [0.25, 0.3) is 0 Å². The second kappa shape index (κ2) is 14.7. The van der Waals surface area contributed by atoms with Crippen molar-refractivity contribution in [1.82, 2.24) is 20.9 Å². The third-order valence-corrected chi connectivity index (χ3v) is 5.85. The van der Waals surface area contributed by atoms with Crippen LogP contribution >= 0.6 is 0 Å². The Morgan fingerprint density at radius 3 is 2.61 bits per heavy atom. The molecule has 198 valence electrons. The van der Waals surface area contributed by atoms with E-state index in [0.29, 0.717) is 45.3 Å². The number of carboxylic acids is 1. The van der Waals surface area contributed by atoms with E-state index < -0.39 is 18.1 Å². The smallest absolute Gasteiger partial charge is 0.305 e. The van der Waals surface area contributed by atoms with E-state index in [1.54, 1.807) is 4.90 Å². The highest BCUT2D eigenvalue weighted by Crippen LogP contribution is 2.12. The van der Waals surface area contributed by atoms with Gasteiger partial charge < -0.3 is 37.4 Å². The van der Waals surface area contributed by atoms with Crippen molar-refractivity contribution in [2.24, 2.45) is 16.5 Å². The number of nitrogens with one attached hydrogen (secondary N) is 3. The van der Waals surface area contributed by atoms with E-state index >= 15 is 0 Å². The summed E-state index contributed by atoms with van der Waals surface area (Å²) in [4.78, 5) is 54.3. The first kappa shape index (κ1) is 28.6. The summed E-state index contributed by atoms with van der Waals surface area (Å²) < 4.78 is 0. The number of guanidine groups is 1. The van der Waals surface area contributed by atoms with Gasteiger partial charge in [0, 0.05) is 39.1 Å². The molecule has 1 aliphatic rings. The Morgan fingerprint density at radius 1 is 1.25 bits per heavy atom. The van der Waals surface area contributed by atoms with E-state index in [1.807, 2.05) is 30.3 Å². The molecule has 3 amide bonds. The normalized spacial score (nSPS) is 18.6. The van der Waals surface area contributed by atoms with Crippen molar-refractivity contribution in [2.45, 2.75) is 57.2 Å². The molecule has 12 heteroatoms. The summed E-state index contributed by atoms with van der Waals surface area (Å²) in [5.41, 5.74) is 11.7. The monoisotopic (exact) mass is 503 g/mol. The maximum atomic E-state index is 13.0. The predicted molar refractivity (Wildman–Crippen MR) is 135 cm³/mol. The SMILES string of the molecule is CC(=O)NC(CCCN=C(N)N)C(=O)NC[C@@H]1CCN(CCc2ccccc2)C(=O)[C@H](CC(=O)O)N1. The first-order chi connectivity index (χ1) is 17.2. The molecule has 1 aromatic carbocycles. The zero-order valence-corrected chi connectivity index (χ0v) is 20.6. The number of hydrogen-bond acceptors (Lipinski definition) is 6. The molecule has 36 heavy (non-hydrogen) atoms. The van der Waals surface area contributed by atoms with E-state index in [4.69, 9.17) is 11.5 Å². The third-order valence-electron chi connectivity index (χ3n) is 5.85. The van der Waals surface area contributed by atoms with Crippen molar-refractivity contribution >= 4 is 29.7 Å². The summed E-state index contributed by atoms with van der Waals surface area (Å²) in [5, 5.41) is 17.9. The first-order valence-corrected chi connectivity index (χ1v) is 12.1. The van der Waals surface area contributed by atoms with Gasteiger partial charge in [-0.3, -0.25) is 24.2 Å². The predicted octanol–water partition coefficient (Wildman–Crippen LogP) is -1.06. The summed E-state index contributed by atoms with van der Waals surface area (Å²) in [6.45, 7) is 2.74. The number of carbonyl (C=O) groups excluding carboxylic acids is 3. The fourth-order valence-corrected chi connectivity index (χ4v) is 4.06. The molecule has 12 nitrogen and oxygen atoms in total. The largest absolute Gasteiger partial charge is 0.481 e. The zero-order valence-electron chi connectivity index (χ0n) is 20.6. The first-order valence-electron chi connectivity index (χ1n) is 12.1. The van der Waals surface area contributed by atoms with Gasteiger partial charge in [0.2, 0.25) is 17.7 Å². The summed E-state index contributed by atoms with van der Waals surface area (Å²) in [6.07, 6.45) is 1.67. The maximum Gasteiger partial charge on any atom is 0.305 e. The number of benzene rings is 1. The van der Waals surface area contributed by atoms with E-state index in [2.05, 4.69) is 20.9 Å². The Morgan fingerprint density at radius 2 is 1.97 bits per heavy atom. The number of carboxylic acid groups (broad SMARTS) is 1. The minimum Gasteiger partial charge on any atom is -0.481 e. The van der Waals surface area contributed by atoms with Gasteiger partial charge in [-0.25, -0.2) is 0 Å². The van der Waals surface area contributed by atoms with Crippen molar-refractivity contribution < 1.29 is 24.3 Å². The van der Waals surface area contributed by atoms with Crippen LogP contribution in [0.3, 0.4) is 0 Å². The van der Waals surface area contributed by atoms with Gasteiger partial charge in [-0.15, -0.1) is 0 Å². The van der Waals surface area contributed by atoms with Gasteiger partial charge in [-0.2, -0.15) is 0 Å². The summed E-state index contributed by atoms with van der Waals surface area (Å²) in [5.74, 6) is -2.11. The van der Waals surface area contributed by atoms with Crippen LogP contribution < -0.4 is 27.4 Å². The Hall–Kier alpha value is -3.67. The van der Waals surface area contributed by atoms with Gasteiger partial charge in [0.1, 0.15) is 6.04 Å². The van der Waals surface area contributed by atoms with E-state index in [-0.39, 0.29) is 42.7 Å². The summed E-state index contributed by atoms with van der Waals surface area (Å²) in [6, 6.07) is 7.78. The van der Waals surface area contributed by atoms with Gasteiger partial charge in [-0.1, -0.05) is 30.3 Å². The number of amides is 3. The molecule has 0 aromatic heterocycles. The van der Waals surface area contributed by atoms with Gasteiger partial charge in [0.05, 0.1) is 12.5 Å². The molecule has 0 radical (unpaired) electrons. The Bertz CT molecular complexity index is 921. The number of rotatable bonds is 13. The summed E-state index contributed by atoms with van der Waals surface area (Å²) in [7, 11) is 0. The van der Waals surface area contributed by atoms with Crippen LogP contribution in [0.1, 0.15) is 38.2 Å². The van der Waals surface area contributed by atoms with Gasteiger partial charge in [-0.05, 0) is 31.2 Å². The quantitative estimate of drug-likeness (QED) is 0.111. The van der Waals surface area contributed by atoms with Crippen LogP contribution in [-0.2, 0) is 25.6 Å². The fraction of sp³-hybridized carbons (Fsp3) is 0.542. The molecule has 1 aromatic rings. The molecule has 0 spiro atoms. The zero-order chi connectivity index (χ0) is 26.5. The maximum absolute atomic E-state index is 13.0. The number of nitrogens with two attached hydrogens (primary N) is 2. The molecule has 3 atom stereocenters. The topological polar surface area (TPSA) is 192 Å². The molecular formula is C24H37N7O5. The molecular weight excluding hydrogens is 466 g/mol. The highest BCUT2D eigenvalue weighted by atomic mass is 16.4. The van der Waals surface area contributed by atoms with Crippen LogP contribution in [0.15, 0.2) is 35.3 Å². The third kappa shape index (κ3) is 10.3. The number of carbonyl (C=O) groups is 4. The summed E-state index contributed by atoms with van der Waals surface area (Å²) >= 11 is 0. The number of aliphatic carboxylic acids is 1. The average Bonchev–Trinajstić information content (AvgIpc) is 2.96. The Kier molecular flexibility index (Phi) is 11.6. The Balaban J connectivity index is 1.98. The second-order valence-corrected chi connectivity index (χ2v) is 8.81. The molecule has 1 heterocycles. The van der Waals surface area contributed by atoms with Crippen LogP contribution in [0, 0.1) is 0 Å². The van der Waals surface area contributed by atoms with Gasteiger partial charge in [0.15, 0.2) is 5.96 Å². The number of nitrogens with zero attached hydrogens (tertiary/aromatic N) is 2. The van der Waals surface area contributed by atoms with Gasteiger partial charge >= 0.3 is 5.97 Å². The lowest BCUT2D eigenvalue weighted by Crippen LogP contribution is -2.52. The van der Waals surface area contributed by atoms with Crippen molar-refractivity contribution in [3.63, 3.8) is 0 Å². The van der Waals surface area contributed by atoms with E-state index in [1.165, 1.54) is 6.92 Å². The standard InChI is InChI=1S/C24H37N7O5/c1-16(32)29-19(8-5-11-27-24(25)26)22(35)28-15-18-10-13-31(12-9-17-6-3-2-4-7-17)23(36)20(30-18)14-21(33)34/h2-4,6-7,18-20,30H,5,8-15H2,1H3,(H,28,35)(H,29,32)(H,33,34)(H4,25,26,27)/t18-,19?,20-/m0/s1. The van der Waals surface area contributed by atoms with Crippen LogP contribution in [0.5, 0.6) is 0 Å². The van der Waals surface area contributed by atoms with Crippen molar-refractivity contribution in [1.29, 1.82) is 0 Å². The lowest BCUT2D eigenvalue weighted by atomic mass is 10.1. The van der Waals surface area contributed by atoms with E-state index in [0.717, 1.165) is 5.56 Å². The molecule has 0 aliphatic carbocycles. The average molecular weight is 504 g/mol. The van der Waals surface area contributed by atoms with Crippen LogP contribution in [-0.4, -0.2) is 84.0 Å². The molecule has 0 saturated carbocycles. The fourth-order valence-electron chi connectivity index (χ4n) is 4.06. The Labute approximate surface area is 210 Å². The van der Waals surface area contributed by atoms with Crippen LogP contribution in [0.4, 0.5) is 0 Å². The highest BCUT2D eigenvalue weighted by Gasteiger charge is 2.32. The van der Waals surface area contributed by atoms with Crippen molar-refractivity contribution in [3.8, 4) is 0 Å². The lowest BCUT2D eigenvalue weighted by Gasteiger charge is -2.24. The minimum absolute atomic E-state index is 0.0433. The molecule has 2 rings (SSSR count). The lowest BCUT2D eigenvalue weighted by molar-refractivity contribution is -0.142. The van der Waals surface area contributed by atoms with Crippen LogP contribution in [0.2, 0.25) is 0 Å². The number of hydrogen-bond donors (Lipinski definition) is 6. The molecule has 1 unspecified atom stereocenters. The molecule has 8 N–H and O–H groups in total. The molecule has 0 bridgehead atoms. The van der Waals surface area contributed by atoms with Crippen molar-refractivity contribution in [2.75, 3.05) is 26.2 Å². The van der Waals surface area contributed by atoms with Crippen molar-refractivity contribution in [3.05, 3.63) is 35.9 Å². The minimum atomic E-state index is -1.08. The molecule has 1 fully saturated rings. The molecule has 1 aliphatic heterocycles. The second-order valence-electron chi connectivity index (χ2n) is 8.81. The van der Waals surface area contributed by atoms with E-state index in [9.17, 15) is 24.3 Å². The van der Waals surface area contributed by atoms with Gasteiger partial charge in [0.25, 0.3) is 0 Å². The highest BCUT2D eigenvalue weighted by molar-refractivity contribution is 5.87. The molecule has 1 saturated heterocycles.